The lowest BCUT2D eigenvalue weighted by Crippen LogP contribution is -2.21. The highest BCUT2D eigenvalue weighted by Gasteiger charge is 2.07. The van der Waals surface area contributed by atoms with Crippen molar-refractivity contribution in [2.24, 2.45) is 0 Å². The number of hydrogen-bond acceptors (Lipinski definition) is 5. The molecule has 0 aliphatic rings. The maximum Gasteiger partial charge on any atom is 0.147 e. The molecule has 0 aliphatic carbocycles. The minimum Gasteiger partial charge on any atom is -0.383 e. The molecule has 0 fully saturated rings. The highest BCUT2D eigenvalue weighted by Crippen LogP contribution is 2.27. The molecular formula is C14H18ClN3OS. The lowest BCUT2D eigenvalue weighted by Gasteiger charge is -2.01. The number of aryl methyl sites for hydroxylation is 1. The molecule has 6 heteroatoms. The molecule has 2 rings (SSSR count). The van der Waals surface area contributed by atoms with E-state index < -0.39 is 0 Å². The van der Waals surface area contributed by atoms with Crippen LogP contribution in [0.15, 0.2) is 18.2 Å². The summed E-state index contributed by atoms with van der Waals surface area (Å²) in [6.07, 6.45) is 0.883. The number of ether oxygens (including phenoxy) is 1. The van der Waals surface area contributed by atoms with Gasteiger partial charge in [0.25, 0.3) is 0 Å². The van der Waals surface area contributed by atoms with Crippen LogP contribution in [0.25, 0.3) is 10.6 Å². The fourth-order valence-electron chi connectivity index (χ4n) is 1.74. The van der Waals surface area contributed by atoms with E-state index in [1.165, 1.54) is 0 Å². The second-order valence-corrected chi connectivity index (χ2v) is 5.93. The van der Waals surface area contributed by atoms with E-state index in [0.29, 0.717) is 0 Å². The van der Waals surface area contributed by atoms with Gasteiger partial charge in [-0.15, -0.1) is 10.2 Å². The summed E-state index contributed by atoms with van der Waals surface area (Å²) >= 11 is 7.66. The molecule has 1 aromatic carbocycles. The van der Waals surface area contributed by atoms with Crippen LogP contribution < -0.4 is 5.32 Å². The highest BCUT2D eigenvalue weighted by atomic mass is 35.5. The van der Waals surface area contributed by atoms with Crippen molar-refractivity contribution in [3.05, 3.63) is 33.8 Å². The first-order valence-electron chi connectivity index (χ1n) is 6.49. The van der Waals surface area contributed by atoms with Crippen molar-refractivity contribution in [1.82, 2.24) is 15.5 Å². The molecule has 0 spiro atoms. The van der Waals surface area contributed by atoms with Gasteiger partial charge in [-0.25, -0.2) is 0 Å². The lowest BCUT2D eigenvalue weighted by atomic mass is 10.1. The number of hydrogen-bond donors (Lipinski definition) is 1. The molecule has 1 N–H and O–H groups in total. The Morgan fingerprint density at radius 3 is 2.90 bits per heavy atom. The molecule has 0 saturated heterocycles. The van der Waals surface area contributed by atoms with Crippen molar-refractivity contribution in [2.45, 2.75) is 13.3 Å². The van der Waals surface area contributed by atoms with Crippen LogP contribution in [0.5, 0.6) is 0 Å². The Bertz CT molecular complexity index is 559. The summed E-state index contributed by atoms with van der Waals surface area (Å²) in [6, 6.07) is 5.93. The maximum absolute atomic E-state index is 6.03. The van der Waals surface area contributed by atoms with E-state index >= 15 is 0 Å². The number of aromatic nitrogens is 2. The molecule has 0 bridgehead atoms. The molecule has 1 heterocycles. The van der Waals surface area contributed by atoms with Gasteiger partial charge >= 0.3 is 0 Å². The zero-order valence-electron chi connectivity index (χ0n) is 11.6. The van der Waals surface area contributed by atoms with Crippen LogP contribution in [0.3, 0.4) is 0 Å². The molecule has 2 aromatic rings. The SMILES string of the molecule is COCCNCCc1nnc(-c2ccc(Cl)c(C)c2)s1. The van der Waals surface area contributed by atoms with Crippen molar-refractivity contribution in [1.29, 1.82) is 0 Å². The Hall–Kier alpha value is -1.01. The van der Waals surface area contributed by atoms with Gasteiger partial charge in [0.2, 0.25) is 0 Å². The number of nitrogens with one attached hydrogen (secondary N) is 1. The van der Waals surface area contributed by atoms with Crippen molar-refractivity contribution in [3.63, 3.8) is 0 Å². The molecule has 108 valence electrons. The Balaban J connectivity index is 1.93. The van der Waals surface area contributed by atoms with Gasteiger partial charge < -0.3 is 10.1 Å². The summed E-state index contributed by atoms with van der Waals surface area (Å²) in [5.74, 6) is 0. The van der Waals surface area contributed by atoms with Crippen molar-refractivity contribution in [2.75, 3.05) is 26.8 Å². The molecule has 0 radical (unpaired) electrons. The normalized spacial score (nSPS) is 10.9. The minimum absolute atomic E-state index is 0.728. The van der Waals surface area contributed by atoms with Crippen LogP contribution >= 0.6 is 22.9 Å². The first-order chi connectivity index (χ1) is 9.70. The van der Waals surface area contributed by atoms with E-state index in [0.717, 1.165) is 52.3 Å². The third-order valence-electron chi connectivity index (χ3n) is 2.87. The number of halogens is 1. The molecule has 0 atom stereocenters. The molecule has 20 heavy (non-hydrogen) atoms. The van der Waals surface area contributed by atoms with Gasteiger partial charge in [-0.3, -0.25) is 0 Å². The molecule has 1 aromatic heterocycles. The van der Waals surface area contributed by atoms with Gasteiger partial charge in [0, 0.05) is 37.2 Å². The van der Waals surface area contributed by atoms with Gasteiger partial charge in [-0.1, -0.05) is 29.0 Å². The predicted octanol–water partition coefficient (Wildman–Crippen LogP) is 2.95. The molecule has 0 amide bonds. The predicted molar refractivity (Wildman–Crippen MR) is 83.5 cm³/mol. The number of rotatable bonds is 7. The Morgan fingerprint density at radius 1 is 1.30 bits per heavy atom. The van der Waals surface area contributed by atoms with E-state index in [9.17, 15) is 0 Å². The summed E-state index contributed by atoms with van der Waals surface area (Å²) in [5.41, 5.74) is 2.13. The van der Waals surface area contributed by atoms with Gasteiger partial charge in [-0.05, 0) is 24.6 Å². The maximum atomic E-state index is 6.03. The summed E-state index contributed by atoms with van der Waals surface area (Å²) in [4.78, 5) is 0. The number of nitrogens with zero attached hydrogens (tertiary/aromatic N) is 2. The van der Waals surface area contributed by atoms with E-state index in [1.807, 2.05) is 25.1 Å². The fraction of sp³-hybridized carbons (Fsp3) is 0.429. The van der Waals surface area contributed by atoms with Gasteiger partial charge in [0.15, 0.2) is 0 Å². The van der Waals surface area contributed by atoms with Crippen LogP contribution in [0.1, 0.15) is 10.6 Å². The van der Waals surface area contributed by atoms with Crippen LogP contribution in [-0.2, 0) is 11.2 Å². The molecule has 0 saturated carbocycles. The zero-order valence-corrected chi connectivity index (χ0v) is 13.2. The smallest absolute Gasteiger partial charge is 0.147 e. The standard InChI is InChI=1S/C14H18ClN3OS/c1-10-9-11(3-4-12(10)15)14-18-17-13(20-14)5-6-16-7-8-19-2/h3-4,9,16H,5-8H2,1-2H3. The molecular weight excluding hydrogens is 294 g/mol. The van der Waals surface area contributed by atoms with Crippen LogP contribution in [0, 0.1) is 6.92 Å². The second kappa shape index (κ2) is 7.69. The van der Waals surface area contributed by atoms with Crippen molar-refractivity contribution >= 4 is 22.9 Å². The Morgan fingerprint density at radius 2 is 2.15 bits per heavy atom. The van der Waals surface area contributed by atoms with E-state index in [2.05, 4.69) is 15.5 Å². The summed E-state index contributed by atoms with van der Waals surface area (Å²) in [7, 11) is 1.70. The molecule has 0 aliphatic heterocycles. The van der Waals surface area contributed by atoms with E-state index in [1.54, 1.807) is 18.4 Å². The number of methoxy groups -OCH3 is 1. The average molecular weight is 312 g/mol. The Kier molecular flexibility index (Phi) is 5.91. The first-order valence-corrected chi connectivity index (χ1v) is 7.68. The topological polar surface area (TPSA) is 47.0 Å². The monoisotopic (exact) mass is 311 g/mol. The molecule has 0 unspecified atom stereocenters. The fourth-order valence-corrected chi connectivity index (χ4v) is 2.70. The molecule has 4 nitrogen and oxygen atoms in total. The van der Waals surface area contributed by atoms with Crippen molar-refractivity contribution in [3.8, 4) is 10.6 Å². The van der Waals surface area contributed by atoms with E-state index in [-0.39, 0.29) is 0 Å². The van der Waals surface area contributed by atoms with Gasteiger partial charge in [0.1, 0.15) is 10.0 Å². The second-order valence-electron chi connectivity index (χ2n) is 4.46. The largest absolute Gasteiger partial charge is 0.383 e. The zero-order chi connectivity index (χ0) is 14.4. The van der Waals surface area contributed by atoms with E-state index in [4.69, 9.17) is 16.3 Å². The summed E-state index contributed by atoms with van der Waals surface area (Å²) < 4.78 is 4.98. The third-order valence-corrected chi connectivity index (χ3v) is 4.33. The lowest BCUT2D eigenvalue weighted by molar-refractivity contribution is 0.199. The average Bonchev–Trinajstić information content (AvgIpc) is 2.90. The van der Waals surface area contributed by atoms with Crippen LogP contribution in [0.4, 0.5) is 0 Å². The van der Waals surface area contributed by atoms with Gasteiger partial charge in [-0.2, -0.15) is 0 Å². The quantitative estimate of drug-likeness (QED) is 0.799. The highest BCUT2D eigenvalue weighted by molar-refractivity contribution is 7.14. The van der Waals surface area contributed by atoms with Crippen molar-refractivity contribution < 1.29 is 4.74 Å². The first kappa shape index (κ1) is 15.4. The van der Waals surface area contributed by atoms with Crippen LogP contribution in [-0.4, -0.2) is 37.0 Å². The summed E-state index contributed by atoms with van der Waals surface area (Å²) in [5, 5.41) is 14.5. The number of benzene rings is 1. The summed E-state index contributed by atoms with van der Waals surface area (Å²) in [6.45, 7) is 4.47. The third kappa shape index (κ3) is 4.24. The Labute approximate surface area is 128 Å². The minimum atomic E-state index is 0.728. The van der Waals surface area contributed by atoms with Crippen LogP contribution in [0.2, 0.25) is 5.02 Å². The van der Waals surface area contributed by atoms with Gasteiger partial charge in [0.05, 0.1) is 6.61 Å².